The Labute approximate surface area is 124 Å². The Kier molecular flexibility index (Phi) is 4.01. The van der Waals surface area contributed by atoms with Gasteiger partial charge in [-0.15, -0.1) is 0 Å². The Balaban J connectivity index is 2.07. The van der Waals surface area contributed by atoms with Gasteiger partial charge < -0.3 is 14.8 Å². The molecule has 110 valence electrons. The average Bonchev–Trinajstić information content (AvgIpc) is 2.96. The summed E-state index contributed by atoms with van der Waals surface area (Å²) in [5, 5.41) is 3.24. The Bertz CT molecular complexity index is 619. The predicted molar refractivity (Wildman–Crippen MR) is 81.5 cm³/mol. The van der Waals surface area contributed by atoms with Gasteiger partial charge in [-0.05, 0) is 18.6 Å². The minimum atomic E-state index is 0.391. The lowest BCUT2D eigenvalue weighted by Gasteiger charge is -2.11. The first kappa shape index (κ1) is 13.8. The van der Waals surface area contributed by atoms with E-state index < -0.39 is 0 Å². The van der Waals surface area contributed by atoms with Crippen LogP contribution < -0.4 is 10.1 Å². The molecule has 0 unspecified atom stereocenters. The number of nitrogens with zero attached hydrogens (tertiary/aromatic N) is 2. The summed E-state index contributed by atoms with van der Waals surface area (Å²) < 4.78 is 10.9. The van der Waals surface area contributed by atoms with Gasteiger partial charge in [0.1, 0.15) is 18.2 Å². The van der Waals surface area contributed by atoms with Gasteiger partial charge in [0.05, 0.1) is 12.3 Å². The monoisotopic (exact) mass is 285 g/mol. The molecule has 0 fully saturated rings. The van der Waals surface area contributed by atoms with Crippen LogP contribution in [0.3, 0.4) is 0 Å². The third-order valence-corrected chi connectivity index (χ3v) is 3.39. The number of aromatic nitrogens is 2. The molecule has 0 radical (unpaired) electrons. The summed E-state index contributed by atoms with van der Waals surface area (Å²) in [5.74, 6) is 2.42. The van der Waals surface area contributed by atoms with Crippen molar-refractivity contribution in [2.24, 2.45) is 0 Å². The molecule has 1 aliphatic rings. The second-order valence-electron chi connectivity index (χ2n) is 4.91. The number of hydrogen-bond donors (Lipinski definition) is 1. The first-order valence-corrected chi connectivity index (χ1v) is 7.17. The maximum atomic E-state index is 5.77. The van der Waals surface area contributed by atoms with Crippen molar-refractivity contribution < 1.29 is 9.47 Å². The van der Waals surface area contributed by atoms with Crippen LogP contribution in [0.4, 0.5) is 5.82 Å². The van der Waals surface area contributed by atoms with Gasteiger partial charge in [-0.1, -0.05) is 12.1 Å². The molecule has 1 N–H and O–H groups in total. The van der Waals surface area contributed by atoms with Crippen molar-refractivity contribution in [3.8, 4) is 17.0 Å². The molecule has 0 spiro atoms. The molecule has 1 aromatic heterocycles. The van der Waals surface area contributed by atoms with E-state index in [0.717, 1.165) is 42.4 Å². The first-order chi connectivity index (χ1) is 10.3. The van der Waals surface area contributed by atoms with Crippen molar-refractivity contribution in [1.29, 1.82) is 0 Å². The number of ether oxygens (including phenoxy) is 2. The molecule has 0 amide bonds. The lowest BCUT2D eigenvalue weighted by Crippen LogP contribution is -2.05. The van der Waals surface area contributed by atoms with Crippen LogP contribution >= 0.6 is 0 Å². The van der Waals surface area contributed by atoms with Gasteiger partial charge >= 0.3 is 0 Å². The minimum absolute atomic E-state index is 0.391. The smallest absolute Gasteiger partial charge is 0.157 e. The Hall–Kier alpha value is -2.14. The highest BCUT2D eigenvalue weighted by molar-refractivity contribution is 5.71. The molecule has 3 rings (SSSR count). The zero-order chi connectivity index (χ0) is 14.7. The van der Waals surface area contributed by atoms with Gasteiger partial charge in [-0.3, -0.25) is 0 Å². The zero-order valence-electron chi connectivity index (χ0n) is 12.3. The van der Waals surface area contributed by atoms with E-state index >= 15 is 0 Å². The Morgan fingerprint density at radius 3 is 3.05 bits per heavy atom. The molecule has 1 aliphatic heterocycles. The molecular formula is C16H19N3O2. The van der Waals surface area contributed by atoms with E-state index in [4.69, 9.17) is 9.47 Å². The molecule has 2 heterocycles. The third kappa shape index (κ3) is 2.83. The number of nitrogens with one attached hydrogen (secondary N) is 1. The van der Waals surface area contributed by atoms with Crippen LogP contribution in [0, 0.1) is 0 Å². The number of anilines is 1. The predicted octanol–water partition coefficient (Wildman–Crippen LogP) is 2.66. The van der Waals surface area contributed by atoms with Gasteiger partial charge in [-0.2, -0.15) is 0 Å². The zero-order valence-corrected chi connectivity index (χ0v) is 12.3. The van der Waals surface area contributed by atoms with Crippen LogP contribution in [0.5, 0.6) is 5.75 Å². The summed E-state index contributed by atoms with van der Waals surface area (Å²) in [6.45, 7) is 3.98. The van der Waals surface area contributed by atoms with E-state index in [9.17, 15) is 0 Å². The van der Waals surface area contributed by atoms with Crippen LogP contribution in [0.2, 0.25) is 0 Å². The van der Waals surface area contributed by atoms with E-state index in [2.05, 4.69) is 21.4 Å². The summed E-state index contributed by atoms with van der Waals surface area (Å²) in [6, 6.07) is 8.15. The van der Waals surface area contributed by atoms with Crippen LogP contribution in [0.15, 0.2) is 24.3 Å². The lowest BCUT2D eigenvalue weighted by atomic mass is 10.1. The van der Waals surface area contributed by atoms with Crippen molar-refractivity contribution in [3.05, 3.63) is 35.7 Å². The van der Waals surface area contributed by atoms with Crippen LogP contribution in [0.1, 0.15) is 18.3 Å². The summed E-state index contributed by atoms with van der Waals surface area (Å²) in [6.07, 6.45) is 0.958. The third-order valence-electron chi connectivity index (χ3n) is 3.39. The molecule has 2 aromatic rings. The topological polar surface area (TPSA) is 56.3 Å². The van der Waals surface area contributed by atoms with Crippen molar-refractivity contribution in [2.45, 2.75) is 20.0 Å². The highest BCUT2D eigenvalue weighted by atomic mass is 16.5. The summed E-state index contributed by atoms with van der Waals surface area (Å²) >= 11 is 0. The van der Waals surface area contributed by atoms with Crippen molar-refractivity contribution >= 4 is 5.82 Å². The van der Waals surface area contributed by atoms with Crippen molar-refractivity contribution in [3.63, 3.8) is 0 Å². The summed E-state index contributed by atoms with van der Waals surface area (Å²) in [4.78, 5) is 9.04. The number of fused-ring (bicyclic) bond motifs is 1. The van der Waals surface area contributed by atoms with Gasteiger partial charge in [0.15, 0.2) is 5.82 Å². The second-order valence-corrected chi connectivity index (χ2v) is 4.91. The number of benzene rings is 1. The maximum absolute atomic E-state index is 5.77. The maximum Gasteiger partial charge on any atom is 0.157 e. The van der Waals surface area contributed by atoms with Crippen LogP contribution in [0.25, 0.3) is 11.3 Å². The SMILES string of the molecule is CCNc1cc(-c2cccc3c2OCC3)nc(COC)n1. The fourth-order valence-electron chi connectivity index (χ4n) is 2.52. The van der Waals surface area contributed by atoms with Gasteiger partial charge in [0, 0.05) is 31.7 Å². The molecule has 0 bridgehead atoms. The quantitative estimate of drug-likeness (QED) is 0.915. The van der Waals surface area contributed by atoms with Crippen molar-refractivity contribution in [1.82, 2.24) is 9.97 Å². The van der Waals surface area contributed by atoms with Crippen LogP contribution in [-0.4, -0.2) is 30.2 Å². The molecule has 0 aliphatic carbocycles. The number of para-hydroxylation sites is 1. The number of methoxy groups -OCH3 is 1. The van der Waals surface area contributed by atoms with Gasteiger partial charge in [0.2, 0.25) is 0 Å². The molecular weight excluding hydrogens is 266 g/mol. The van der Waals surface area contributed by atoms with Crippen LogP contribution in [-0.2, 0) is 17.8 Å². The summed E-state index contributed by atoms with van der Waals surface area (Å²) in [7, 11) is 1.65. The fourth-order valence-corrected chi connectivity index (χ4v) is 2.52. The Morgan fingerprint density at radius 1 is 1.33 bits per heavy atom. The Morgan fingerprint density at radius 2 is 2.24 bits per heavy atom. The second kappa shape index (κ2) is 6.10. The van der Waals surface area contributed by atoms with E-state index in [1.54, 1.807) is 7.11 Å². The van der Waals surface area contributed by atoms with Gasteiger partial charge in [0.25, 0.3) is 0 Å². The number of hydrogen-bond acceptors (Lipinski definition) is 5. The fraction of sp³-hybridized carbons (Fsp3) is 0.375. The lowest BCUT2D eigenvalue weighted by molar-refractivity contribution is 0.178. The standard InChI is InChI=1S/C16H19N3O2/c1-3-17-14-9-13(18-15(19-14)10-20-2)12-6-4-5-11-7-8-21-16(11)12/h4-6,9H,3,7-8,10H2,1-2H3,(H,17,18,19). The largest absolute Gasteiger partial charge is 0.492 e. The van der Waals surface area contributed by atoms with E-state index in [1.165, 1.54) is 5.56 Å². The molecule has 5 nitrogen and oxygen atoms in total. The minimum Gasteiger partial charge on any atom is -0.492 e. The molecule has 5 heteroatoms. The summed E-state index contributed by atoms with van der Waals surface area (Å²) in [5.41, 5.74) is 3.13. The van der Waals surface area contributed by atoms with E-state index in [1.807, 2.05) is 25.1 Å². The molecule has 0 saturated carbocycles. The van der Waals surface area contributed by atoms with Gasteiger partial charge in [-0.25, -0.2) is 9.97 Å². The highest BCUT2D eigenvalue weighted by Crippen LogP contribution is 2.36. The van der Waals surface area contributed by atoms with Crippen molar-refractivity contribution in [2.75, 3.05) is 25.6 Å². The normalized spacial score (nSPS) is 12.9. The number of rotatable bonds is 5. The molecule has 1 aromatic carbocycles. The van der Waals surface area contributed by atoms with E-state index in [-0.39, 0.29) is 0 Å². The molecule has 0 saturated heterocycles. The average molecular weight is 285 g/mol. The first-order valence-electron chi connectivity index (χ1n) is 7.17. The van der Waals surface area contributed by atoms with E-state index in [0.29, 0.717) is 12.4 Å². The highest BCUT2D eigenvalue weighted by Gasteiger charge is 2.18. The molecule has 0 atom stereocenters. The molecule has 21 heavy (non-hydrogen) atoms.